The number of urea groups is 2. The van der Waals surface area contributed by atoms with Crippen LogP contribution < -0.4 is 48.3 Å². The lowest BCUT2D eigenvalue weighted by atomic mass is 10.1. The van der Waals surface area contributed by atoms with Gasteiger partial charge in [0.25, 0.3) is 11.4 Å². The van der Waals surface area contributed by atoms with Gasteiger partial charge in [-0.2, -0.15) is 19.4 Å². The second-order valence-electron chi connectivity index (χ2n) is 24.5. The van der Waals surface area contributed by atoms with Crippen molar-refractivity contribution in [3.05, 3.63) is 125 Å². The van der Waals surface area contributed by atoms with Crippen molar-refractivity contribution >= 4 is 146 Å². The van der Waals surface area contributed by atoms with Crippen LogP contribution in [0.2, 0.25) is 20.1 Å². The Hall–Kier alpha value is -10.4. The van der Waals surface area contributed by atoms with Gasteiger partial charge in [0, 0.05) is 50.5 Å². The number of nitro groups is 2. The minimum atomic E-state index is -1.17. The van der Waals surface area contributed by atoms with Crippen LogP contribution in [0.4, 0.5) is 86.2 Å². The number of rotatable bonds is 15. The molecule has 1 N–H and O–H groups in total. The fourth-order valence-electron chi connectivity index (χ4n) is 8.28. The first-order chi connectivity index (χ1) is 46.4. The molecule has 538 valence electrons. The van der Waals surface area contributed by atoms with Gasteiger partial charge in [-0.3, -0.25) is 30.0 Å². The molecule has 6 aromatic rings. The maximum Gasteiger partial charge on any atom is 0.423 e. The Balaban J connectivity index is 0.000000408. The molecule has 0 fully saturated rings. The van der Waals surface area contributed by atoms with Crippen LogP contribution in [0.3, 0.4) is 0 Å². The maximum absolute atomic E-state index is 14.2. The number of nitrogens with zero attached hydrogens (tertiary/aromatic N) is 12. The number of ether oxygens (including phenoxy) is 8. The Bertz CT molecular complexity index is 4060. The molecule has 100 heavy (non-hydrogen) atoms. The highest BCUT2D eigenvalue weighted by molar-refractivity contribution is 6.44. The number of carbonyl (C=O) groups is 6. The summed E-state index contributed by atoms with van der Waals surface area (Å²) < 4.78 is 43.4. The molecule has 2 aromatic heterocycles. The van der Waals surface area contributed by atoms with E-state index >= 15 is 0 Å². The molecule has 0 spiro atoms. The Labute approximate surface area is 593 Å². The summed E-state index contributed by atoms with van der Waals surface area (Å²) in [5.74, 6) is -0.660. The first-order valence-electron chi connectivity index (χ1n) is 29.0. The van der Waals surface area contributed by atoms with Crippen molar-refractivity contribution in [3.63, 3.8) is 0 Å². The Morgan fingerprint density at radius 3 is 1.06 bits per heavy atom. The predicted molar refractivity (Wildman–Crippen MR) is 367 cm³/mol. The van der Waals surface area contributed by atoms with Crippen molar-refractivity contribution in [1.82, 2.24) is 19.9 Å². The lowest BCUT2D eigenvalue weighted by Crippen LogP contribution is -2.48. The van der Waals surface area contributed by atoms with E-state index in [4.69, 9.17) is 93.9 Å². The molecule has 33 nitrogen and oxygen atoms in total. The third-order valence-electron chi connectivity index (χ3n) is 12.5. The number of amides is 8. The van der Waals surface area contributed by atoms with Gasteiger partial charge in [0.15, 0.2) is 0 Å². The van der Waals surface area contributed by atoms with Crippen LogP contribution >= 0.6 is 46.4 Å². The second-order valence-corrected chi connectivity index (χ2v) is 26.0. The molecular formula is C63H72Cl4N12O21. The number of nitro benzene ring substituents is 2. The van der Waals surface area contributed by atoms with Gasteiger partial charge in [0.2, 0.25) is 0 Å². The largest absolute Gasteiger partial charge is 0.495 e. The number of halogens is 4. The number of aliphatic hydroxyl groups is 1. The van der Waals surface area contributed by atoms with Crippen molar-refractivity contribution in [3.8, 4) is 23.0 Å². The number of aromatic nitrogens is 4. The third-order valence-corrected chi connectivity index (χ3v) is 13.9. The standard InChI is InChI=1S/C31H36Cl2N6O10.C31H36Cl2N6O9.CO2/c1-30(2,3)48-28(42)37(18-11-10-17(15-40)12-19(18)39(44)45)23-14-22(34-16-35-23)36(7)27(41)38(29(43)49-31(4,5)6)26-24(32)20(46-8)13-21(47-9)25(26)33;1-17-11-12-18(19(13-17)39(43)44)37(28(41)47-30(2,3)4)23-15-22(34-16-35-23)36(8)27(40)38(29(42)48-31(5,6)7)26-24(32)20(45-9)14-21(46-10)25(26)33;2-1-3/h10-14,16,40H,15H2,1-9H3;11-16H,1-10H3;. The van der Waals surface area contributed by atoms with Crippen LogP contribution in [0.15, 0.2) is 73.3 Å². The van der Waals surface area contributed by atoms with E-state index in [2.05, 4.69) is 19.9 Å². The predicted octanol–water partition coefficient (Wildman–Crippen LogP) is 14.8. The SMILES string of the molecule is COc1cc(OC)c(Cl)c(N(C(=O)OC(C)(C)C)C(=O)N(C)c2cc(N(C(=O)OC(C)(C)C)c3ccc(C)cc3[N+](=O)[O-])ncn2)c1Cl.COc1cc(OC)c(Cl)c(N(C(=O)OC(C)(C)C)C(=O)N(C)c2cc(N(C(=O)OC(C)(C)C)c3ccc(CO)cc3[N+](=O)[O-])ncn2)c1Cl.O=C=O. The summed E-state index contributed by atoms with van der Waals surface area (Å²) in [7, 11) is 7.79. The van der Waals surface area contributed by atoms with E-state index in [9.17, 15) is 54.1 Å². The molecule has 6 rings (SSSR count). The molecule has 0 unspecified atom stereocenters. The number of imide groups is 2. The summed E-state index contributed by atoms with van der Waals surface area (Å²) in [6, 6.07) is 10.9. The maximum atomic E-state index is 14.2. The van der Waals surface area contributed by atoms with Gasteiger partial charge in [-0.05, 0) is 113 Å². The number of hydrogen-bond acceptors (Lipinski definition) is 25. The lowest BCUT2D eigenvalue weighted by molar-refractivity contribution is -0.384. The molecule has 0 aliphatic heterocycles. The van der Waals surface area contributed by atoms with Gasteiger partial charge in [-0.25, -0.2) is 58.5 Å². The highest BCUT2D eigenvalue weighted by Crippen LogP contribution is 2.49. The highest BCUT2D eigenvalue weighted by atomic mass is 35.5. The first kappa shape index (κ1) is 82.0. The van der Waals surface area contributed by atoms with Crippen LogP contribution in [-0.2, 0) is 35.1 Å². The molecule has 2 heterocycles. The molecule has 0 aliphatic rings. The summed E-state index contributed by atoms with van der Waals surface area (Å²) in [4.78, 5) is 143. The van der Waals surface area contributed by atoms with Crippen molar-refractivity contribution < 1.29 is 91.2 Å². The number of aliphatic hydroxyl groups excluding tert-OH is 1. The van der Waals surface area contributed by atoms with Crippen LogP contribution in [0.5, 0.6) is 23.0 Å². The average Bonchev–Trinajstić information content (AvgIpc) is 0.782. The smallest absolute Gasteiger partial charge is 0.423 e. The Morgan fingerprint density at radius 1 is 0.480 bits per heavy atom. The van der Waals surface area contributed by atoms with E-state index < -0.39 is 86.7 Å². The molecular weight excluding hydrogens is 1400 g/mol. The number of benzene rings is 4. The quantitative estimate of drug-likeness (QED) is 0.0567. The van der Waals surface area contributed by atoms with E-state index in [0.717, 1.165) is 44.4 Å². The molecule has 8 amide bonds. The average molecular weight is 1480 g/mol. The zero-order valence-corrected chi connectivity index (χ0v) is 60.6. The number of carbonyl (C=O) groups excluding carboxylic acids is 8. The fraction of sp³-hybridized carbons (Fsp3) is 0.381. The molecule has 0 radical (unpaired) electrons. The highest BCUT2D eigenvalue weighted by Gasteiger charge is 2.41. The summed E-state index contributed by atoms with van der Waals surface area (Å²) in [5.41, 5.74) is -5.39. The fourth-order valence-corrected chi connectivity index (χ4v) is 9.62. The Morgan fingerprint density at radius 2 is 0.770 bits per heavy atom. The summed E-state index contributed by atoms with van der Waals surface area (Å²) in [5, 5.41) is 32.9. The van der Waals surface area contributed by atoms with Crippen molar-refractivity contribution in [2.24, 2.45) is 0 Å². The van der Waals surface area contributed by atoms with E-state index in [-0.39, 0.29) is 101 Å². The van der Waals surface area contributed by atoms with Crippen molar-refractivity contribution in [2.75, 3.05) is 71.9 Å². The first-order valence-corrected chi connectivity index (χ1v) is 30.5. The van der Waals surface area contributed by atoms with Crippen molar-refractivity contribution in [2.45, 2.75) is 119 Å². The number of anilines is 8. The minimum absolute atomic E-state index is 0.0214. The molecule has 4 aromatic carbocycles. The summed E-state index contributed by atoms with van der Waals surface area (Å²) >= 11 is 26.4. The molecule has 0 saturated heterocycles. The second kappa shape index (κ2) is 33.9. The normalized spacial score (nSPS) is 11.1. The number of methoxy groups -OCH3 is 4. The van der Waals surface area contributed by atoms with Gasteiger partial charge in [0.1, 0.15) is 124 Å². The van der Waals surface area contributed by atoms with E-state index in [1.54, 1.807) is 96.1 Å². The number of aryl methyl sites for hydroxylation is 1. The van der Waals surface area contributed by atoms with Crippen LogP contribution in [0.25, 0.3) is 0 Å². The van der Waals surface area contributed by atoms with Gasteiger partial charge in [0.05, 0.1) is 44.9 Å². The minimum Gasteiger partial charge on any atom is -0.495 e. The molecule has 37 heteroatoms. The van der Waals surface area contributed by atoms with Crippen LogP contribution in [0.1, 0.15) is 94.2 Å². The van der Waals surface area contributed by atoms with Crippen molar-refractivity contribution in [1.29, 1.82) is 0 Å². The van der Waals surface area contributed by atoms with Crippen LogP contribution in [-0.4, -0.2) is 142 Å². The summed E-state index contributed by atoms with van der Waals surface area (Å²) in [6.07, 6.45) is -2.11. The van der Waals surface area contributed by atoms with Gasteiger partial charge < -0.3 is 43.0 Å². The summed E-state index contributed by atoms with van der Waals surface area (Å²) in [6.45, 7) is 20.4. The Kier molecular flexibility index (Phi) is 27.8. The van der Waals surface area contributed by atoms with Crippen LogP contribution in [0, 0.1) is 27.2 Å². The monoisotopic (exact) mass is 1470 g/mol. The molecule has 0 atom stereocenters. The zero-order valence-electron chi connectivity index (χ0n) is 57.6. The third kappa shape index (κ3) is 20.8. The van der Waals surface area contributed by atoms with E-state index in [1.807, 2.05) is 0 Å². The van der Waals surface area contributed by atoms with Gasteiger partial charge in [-0.1, -0.05) is 58.5 Å². The molecule has 0 bridgehead atoms. The van der Waals surface area contributed by atoms with Gasteiger partial charge >= 0.3 is 42.6 Å². The topological polar surface area (TPSA) is 388 Å². The van der Waals surface area contributed by atoms with Gasteiger partial charge in [-0.15, -0.1) is 0 Å². The molecule has 0 saturated carbocycles. The zero-order chi connectivity index (χ0) is 76.0. The molecule has 0 aliphatic carbocycles. The lowest BCUT2D eigenvalue weighted by Gasteiger charge is -2.31. The number of hydrogen-bond donors (Lipinski definition) is 1. The van der Waals surface area contributed by atoms with E-state index in [0.29, 0.717) is 15.4 Å². The van der Waals surface area contributed by atoms with E-state index in [1.165, 1.54) is 85.0 Å².